The van der Waals surface area contributed by atoms with Crippen molar-refractivity contribution >= 4 is 27.5 Å². The number of amides is 1. The van der Waals surface area contributed by atoms with Gasteiger partial charge < -0.3 is 5.32 Å². The maximum absolute atomic E-state index is 12.3. The van der Waals surface area contributed by atoms with Gasteiger partial charge in [0, 0.05) is 11.6 Å². The average molecular weight is 381 g/mol. The number of carbonyl (C=O) groups excluding carboxylic acids is 1. The lowest BCUT2D eigenvalue weighted by atomic mass is 10.1. The topological polar surface area (TPSA) is 66.5 Å². The van der Waals surface area contributed by atoms with Crippen LogP contribution in [0, 0.1) is 0 Å². The molecule has 2 aromatic rings. The van der Waals surface area contributed by atoms with Crippen molar-refractivity contribution in [3.63, 3.8) is 0 Å². The lowest BCUT2D eigenvalue weighted by Gasteiger charge is -2.21. The Labute approximate surface area is 153 Å². The molecule has 0 aliphatic carbocycles. The summed E-state index contributed by atoms with van der Waals surface area (Å²) in [5, 5.41) is 3.40. The molecule has 0 aliphatic heterocycles. The molecule has 25 heavy (non-hydrogen) atoms. The second-order valence-corrected chi connectivity index (χ2v) is 8.28. The highest BCUT2D eigenvalue weighted by Gasteiger charge is 2.21. The Hall–Kier alpha value is -1.89. The van der Waals surface area contributed by atoms with Gasteiger partial charge in [0.15, 0.2) is 0 Å². The molecule has 0 fully saturated rings. The minimum Gasteiger partial charge on any atom is -0.348 e. The highest BCUT2D eigenvalue weighted by Crippen LogP contribution is 2.14. The van der Waals surface area contributed by atoms with E-state index in [-0.39, 0.29) is 25.0 Å². The van der Waals surface area contributed by atoms with Crippen molar-refractivity contribution in [2.24, 2.45) is 0 Å². The van der Waals surface area contributed by atoms with Crippen LogP contribution in [0.25, 0.3) is 0 Å². The predicted octanol–water partition coefficient (Wildman–Crippen LogP) is 2.98. The first kappa shape index (κ1) is 19.4. The molecule has 0 spiro atoms. The van der Waals surface area contributed by atoms with Crippen molar-refractivity contribution in [1.29, 1.82) is 0 Å². The standard InChI is InChI=1S/C18H21ClN2O3S/c1-14(16-6-4-3-5-7-16)20-18(22)13-21(25(2,23)24)12-15-8-10-17(19)11-9-15/h3-11,14H,12-13H2,1-2H3,(H,20,22)/t14-/m0/s1. The number of benzene rings is 2. The van der Waals surface area contributed by atoms with Crippen molar-refractivity contribution in [3.05, 3.63) is 70.7 Å². The number of sulfonamides is 1. The number of nitrogens with one attached hydrogen (secondary N) is 1. The minimum absolute atomic E-state index is 0.114. The van der Waals surface area contributed by atoms with Gasteiger partial charge in [-0.25, -0.2) is 8.42 Å². The van der Waals surface area contributed by atoms with E-state index in [0.717, 1.165) is 21.7 Å². The molecular formula is C18H21ClN2O3S. The van der Waals surface area contributed by atoms with E-state index in [1.165, 1.54) is 0 Å². The first-order valence-electron chi connectivity index (χ1n) is 7.79. The van der Waals surface area contributed by atoms with Gasteiger partial charge in [0.2, 0.25) is 15.9 Å². The lowest BCUT2D eigenvalue weighted by molar-refractivity contribution is -0.122. The van der Waals surface area contributed by atoms with E-state index in [1.807, 2.05) is 37.3 Å². The van der Waals surface area contributed by atoms with Crippen molar-refractivity contribution in [1.82, 2.24) is 9.62 Å². The van der Waals surface area contributed by atoms with Crippen molar-refractivity contribution in [3.8, 4) is 0 Å². The summed E-state index contributed by atoms with van der Waals surface area (Å²) >= 11 is 5.84. The number of rotatable bonds is 7. The van der Waals surface area contributed by atoms with E-state index >= 15 is 0 Å². The summed E-state index contributed by atoms with van der Waals surface area (Å²) in [5.41, 5.74) is 1.72. The van der Waals surface area contributed by atoms with Crippen LogP contribution in [0.4, 0.5) is 0 Å². The zero-order chi connectivity index (χ0) is 18.4. The van der Waals surface area contributed by atoms with Gasteiger partial charge in [0.05, 0.1) is 18.8 Å². The van der Waals surface area contributed by atoms with Crippen molar-refractivity contribution < 1.29 is 13.2 Å². The molecule has 0 aliphatic rings. The smallest absolute Gasteiger partial charge is 0.235 e. The summed E-state index contributed by atoms with van der Waals surface area (Å²) in [6.07, 6.45) is 1.09. The van der Waals surface area contributed by atoms with Gasteiger partial charge >= 0.3 is 0 Å². The number of halogens is 1. The molecule has 5 nitrogen and oxygen atoms in total. The fourth-order valence-corrected chi connectivity index (χ4v) is 3.22. The zero-order valence-corrected chi connectivity index (χ0v) is 15.7. The maximum atomic E-state index is 12.3. The quantitative estimate of drug-likeness (QED) is 0.803. The van der Waals surface area contributed by atoms with Gasteiger partial charge in [-0.05, 0) is 30.2 Å². The molecular weight excluding hydrogens is 360 g/mol. The summed E-state index contributed by atoms with van der Waals surface area (Å²) < 4.78 is 25.2. The molecule has 0 radical (unpaired) electrons. The molecule has 0 bridgehead atoms. The Morgan fingerprint density at radius 1 is 1.12 bits per heavy atom. The number of hydrogen-bond donors (Lipinski definition) is 1. The SMILES string of the molecule is C[C@H](NC(=O)CN(Cc1ccc(Cl)cc1)S(C)(=O)=O)c1ccccc1. The highest BCUT2D eigenvalue weighted by atomic mass is 35.5. The van der Waals surface area contributed by atoms with Crippen LogP contribution in [0.3, 0.4) is 0 Å². The Morgan fingerprint density at radius 3 is 2.28 bits per heavy atom. The Bertz CT molecular complexity index is 808. The molecule has 0 aromatic heterocycles. The van der Waals surface area contributed by atoms with Crippen LogP contribution in [0.2, 0.25) is 5.02 Å². The fraction of sp³-hybridized carbons (Fsp3) is 0.278. The van der Waals surface area contributed by atoms with Crippen LogP contribution >= 0.6 is 11.6 Å². The first-order chi connectivity index (χ1) is 11.8. The molecule has 1 atom stereocenters. The third-order valence-corrected chi connectivity index (χ3v) is 5.19. The lowest BCUT2D eigenvalue weighted by Crippen LogP contribution is -2.40. The van der Waals surface area contributed by atoms with Crippen LogP contribution in [-0.2, 0) is 21.4 Å². The minimum atomic E-state index is -3.53. The third-order valence-electron chi connectivity index (χ3n) is 3.74. The van der Waals surface area contributed by atoms with E-state index < -0.39 is 10.0 Å². The van der Waals surface area contributed by atoms with E-state index in [9.17, 15) is 13.2 Å². The first-order valence-corrected chi connectivity index (χ1v) is 10.0. The molecule has 0 heterocycles. The molecule has 1 amide bonds. The zero-order valence-electron chi connectivity index (χ0n) is 14.1. The van der Waals surface area contributed by atoms with Gasteiger partial charge in [-0.15, -0.1) is 0 Å². The summed E-state index contributed by atoms with van der Waals surface area (Å²) in [5.74, 6) is -0.351. The predicted molar refractivity (Wildman–Crippen MR) is 99.7 cm³/mol. The van der Waals surface area contributed by atoms with Crippen molar-refractivity contribution in [2.45, 2.75) is 19.5 Å². The Morgan fingerprint density at radius 2 is 1.72 bits per heavy atom. The van der Waals surface area contributed by atoms with Crippen LogP contribution < -0.4 is 5.32 Å². The van der Waals surface area contributed by atoms with E-state index in [1.54, 1.807) is 24.3 Å². The van der Waals surface area contributed by atoms with E-state index in [0.29, 0.717) is 5.02 Å². The summed E-state index contributed by atoms with van der Waals surface area (Å²) in [7, 11) is -3.53. The molecule has 0 unspecified atom stereocenters. The Kier molecular flexibility index (Phi) is 6.58. The summed E-state index contributed by atoms with van der Waals surface area (Å²) in [6, 6.07) is 16.2. The molecule has 134 valence electrons. The summed E-state index contributed by atoms with van der Waals surface area (Å²) in [4.78, 5) is 12.3. The van der Waals surface area contributed by atoms with Crippen LogP contribution in [0.5, 0.6) is 0 Å². The Balaban J connectivity index is 2.04. The van der Waals surface area contributed by atoms with Gasteiger partial charge in [-0.1, -0.05) is 54.1 Å². The van der Waals surface area contributed by atoms with E-state index in [4.69, 9.17) is 11.6 Å². The second kappa shape index (κ2) is 8.47. The average Bonchev–Trinajstić information content (AvgIpc) is 2.56. The molecule has 1 N–H and O–H groups in total. The molecule has 7 heteroatoms. The van der Waals surface area contributed by atoms with Gasteiger partial charge in [0.25, 0.3) is 0 Å². The third kappa shape index (κ3) is 6.16. The maximum Gasteiger partial charge on any atom is 0.235 e. The molecule has 0 saturated carbocycles. The summed E-state index contributed by atoms with van der Waals surface area (Å²) in [6.45, 7) is 1.74. The molecule has 0 saturated heterocycles. The van der Waals surface area contributed by atoms with Crippen LogP contribution in [-0.4, -0.2) is 31.4 Å². The molecule has 2 aromatic carbocycles. The van der Waals surface area contributed by atoms with Gasteiger partial charge in [-0.2, -0.15) is 4.31 Å². The van der Waals surface area contributed by atoms with Crippen molar-refractivity contribution in [2.75, 3.05) is 12.8 Å². The molecule has 2 rings (SSSR count). The number of hydrogen-bond acceptors (Lipinski definition) is 3. The van der Waals surface area contributed by atoms with Crippen LogP contribution in [0.15, 0.2) is 54.6 Å². The highest BCUT2D eigenvalue weighted by molar-refractivity contribution is 7.88. The largest absolute Gasteiger partial charge is 0.348 e. The van der Waals surface area contributed by atoms with Crippen LogP contribution in [0.1, 0.15) is 24.1 Å². The van der Waals surface area contributed by atoms with Gasteiger partial charge in [0.1, 0.15) is 0 Å². The number of nitrogens with zero attached hydrogens (tertiary/aromatic N) is 1. The number of carbonyl (C=O) groups is 1. The second-order valence-electron chi connectivity index (χ2n) is 5.86. The van der Waals surface area contributed by atoms with Gasteiger partial charge in [-0.3, -0.25) is 4.79 Å². The van der Waals surface area contributed by atoms with E-state index in [2.05, 4.69) is 5.32 Å². The normalized spacial score (nSPS) is 12.8. The monoisotopic (exact) mass is 380 g/mol. The fourth-order valence-electron chi connectivity index (χ4n) is 2.36.